The van der Waals surface area contributed by atoms with Crippen LogP contribution in [0.5, 0.6) is 0 Å². The van der Waals surface area contributed by atoms with Crippen LogP contribution in [0.1, 0.15) is 32.6 Å². The summed E-state index contributed by atoms with van der Waals surface area (Å²) < 4.78 is 6.22. The molecule has 5 rings (SSSR count). The monoisotopic (exact) mass is 495 g/mol. The van der Waals surface area contributed by atoms with Crippen LogP contribution in [0, 0.1) is 6.92 Å². The molecule has 1 aliphatic rings. The van der Waals surface area contributed by atoms with Crippen molar-refractivity contribution in [3.63, 3.8) is 0 Å². The van der Waals surface area contributed by atoms with Gasteiger partial charge in [0, 0.05) is 5.75 Å². The molecule has 1 N–H and O–H groups in total. The number of thioether (sulfide) groups is 1. The van der Waals surface area contributed by atoms with Crippen molar-refractivity contribution in [3.8, 4) is 0 Å². The highest BCUT2D eigenvalue weighted by atomic mass is 32.2. The summed E-state index contributed by atoms with van der Waals surface area (Å²) in [6, 6.07) is 14.0. The zero-order valence-electron chi connectivity index (χ0n) is 17.3. The summed E-state index contributed by atoms with van der Waals surface area (Å²) in [4.78, 5) is 28.0. The number of aromatic nitrogens is 2. The number of rotatable bonds is 7. The molecule has 7 nitrogen and oxygen atoms in total. The number of ketones is 1. The molecule has 0 saturated heterocycles. The molecule has 0 fully saturated rings. The van der Waals surface area contributed by atoms with E-state index in [1.54, 1.807) is 29.6 Å². The Morgan fingerprint density at radius 3 is 2.70 bits per heavy atom. The van der Waals surface area contributed by atoms with Crippen LogP contribution in [-0.2, 0) is 10.5 Å². The first-order valence-electron chi connectivity index (χ1n) is 9.93. The molecule has 0 bridgehead atoms. The fraction of sp³-hybridized carbons (Fsp3) is 0.130. The number of anilines is 1. The van der Waals surface area contributed by atoms with Crippen molar-refractivity contribution >= 4 is 51.3 Å². The van der Waals surface area contributed by atoms with Gasteiger partial charge in [-0.3, -0.25) is 14.5 Å². The highest BCUT2D eigenvalue weighted by Gasteiger charge is 2.47. The van der Waals surface area contributed by atoms with E-state index in [-0.39, 0.29) is 10.7 Å². The fourth-order valence-corrected chi connectivity index (χ4v) is 5.98. The van der Waals surface area contributed by atoms with Crippen LogP contribution < -0.4 is 4.90 Å². The van der Waals surface area contributed by atoms with Crippen molar-refractivity contribution in [2.24, 2.45) is 0 Å². The lowest BCUT2D eigenvalue weighted by molar-refractivity contribution is -0.117. The van der Waals surface area contributed by atoms with Gasteiger partial charge < -0.3 is 9.52 Å². The van der Waals surface area contributed by atoms with Crippen LogP contribution in [-0.4, -0.2) is 27.0 Å². The molecule has 166 valence electrons. The molecule has 10 heteroatoms. The maximum atomic E-state index is 13.2. The third-order valence-electron chi connectivity index (χ3n) is 5.10. The molecular formula is C23H17N3O4S3. The van der Waals surface area contributed by atoms with E-state index in [4.69, 9.17) is 4.42 Å². The number of furan rings is 1. The molecule has 1 atom stereocenters. The largest absolute Gasteiger partial charge is 0.503 e. The Kier molecular flexibility index (Phi) is 5.88. The molecule has 33 heavy (non-hydrogen) atoms. The summed E-state index contributed by atoms with van der Waals surface area (Å²) >= 11 is 3.98. The number of carbonyl (C=O) groups is 2. The number of benzene rings is 1. The van der Waals surface area contributed by atoms with E-state index in [9.17, 15) is 14.7 Å². The van der Waals surface area contributed by atoms with Crippen LogP contribution in [0.4, 0.5) is 5.13 Å². The van der Waals surface area contributed by atoms with E-state index >= 15 is 0 Å². The number of aliphatic hydroxyl groups is 1. The van der Waals surface area contributed by atoms with Crippen LogP contribution >= 0.6 is 34.4 Å². The number of carbonyl (C=O) groups excluding carboxylic acids is 2. The lowest BCUT2D eigenvalue weighted by atomic mass is 10.0. The second-order valence-electron chi connectivity index (χ2n) is 7.29. The van der Waals surface area contributed by atoms with Crippen molar-refractivity contribution in [2.45, 2.75) is 23.1 Å². The molecule has 4 aromatic rings. The number of thiophene rings is 1. The van der Waals surface area contributed by atoms with E-state index in [1.807, 2.05) is 6.92 Å². The Morgan fingerprint density at radius 1 is 1.18 bits per heavy atom. The highest BCUT2D eigenvalue weighted by molar-refractivity contribution is 8.00. The second-order valence-corrected chi connectivity index (χ2v) is 10.4. The number of amides is 1. The summed E-state index contributed by atoms with van der Waals surface area (Å²) in [7, 11) is 0. The molecule has 1 aliphatic heterocycles. The van der Waals surface area contributed by atoms with Gasteiger partial charge in [0.25, 0.3) is 5.91 Å². The first kappa shape index (κ1) is 21.6. The smallest absolute Gasteiger partial charge is 0.296 e. The van der Waals surface area contributed by atoms with Gasteiger partial charge in [-0.15, -0.1) is 21.5 Å². The molecule has 0 aliphatic carbocycles. The van der Waals surface area contributed by atoms with E-state index in [0.717, 1.165) is 5.56 Å². The molecular weight excluding hydrogens is 478 g/mol. The lowest BCUT2D eigenvalue weighted by Gasteiger charge is -2.21. The predicted molar refractivity (Wildman–Crippen MR) is 128 cm³/mol. The van der Waals surface area contributed by atoms with Gasteiger partial charge in [0.15, 0.2) is 10.1 Å². The van der Waals surface area contributed by atoms with Crippen LogP contribution in [0.25, 0.3) is 0 Å². The standard InChI is InChI=1S/C23H17N3O4S3/c1-13-6-8-14(9-7-13)12-32-23-25-24-22(33-23)26-18(15-4-2-10-30-15)17(20(28)21(26)29)19(27)16-5-3-11-31-16/h2-11,18,28H,12H2,1H3. The highest BCUT2D eigenvalue weighted by Crippen LogP contribution is 2.44. The Morgan fingerprint density at radius 2 is 2.00 bits per heavy atom. The predicted octanol–water partition coefficient (Wildman–Crippen LogP) is 5.58. The van der Waals surface area contributed by atoms with E-state index in [0.29, 0.717) is 20.7 Å². The zero-order valence-corrected chi connectivity index (χ0v) is 19.7. The second kappa shape index (κ2) is 8.97. The van der Waals surface area contributed by atoms with Gasteiger partial charge in [0.1, 0.15) is 11.8 Å². The first-order valence-corrected chi connectivity index (χ1v) is 12.6. The van der Waals surface area contributed by atoms with Gasteiger partial charge in [0.05, 0.1) is 16.7 Å². The van der Waals surface area contributed by atoms with Crippen LogP contribution in [0.2, 0.25) is 0 Å². The van der Waals surface area contributed by atoms with Gasteiger partial charge in [-0.25, -0.2) is 0 Å². The van der Waals surface area contributed by atoms with Crippen LogP contribution in [0.3, 0.4) is 0 Å². The summed E-state index contributed by atoms with van der Waals surface area (Å²) in [5.74, 6) is -0.660. The Labute approximate surface area is 201 Å². The van der Waals surface area contributed by atoms with Gasteiger partial charge in [0.2, 0.25) is 10.9 Å². The minimum absolute atomic E-state index is 0.0264. The summed E-state index contributed by atoms with van der Waals surface area (Å²) in [5, 5.41) is 21.1. The molecule has 1 unspecified atom stereocenters. The molecule has 1 amide bonds. The van der Waals surface area contributed by atoms with Gasteiger partial charge >= 0.3 is 0 Å². The van der Waals surface area contributed by atoms with Gasteiger partial charge in [-0.2, -0.15) is 0 Å². The van der Waals surface area contributed by atoms with Crippen molar-refractivity contribution in [3.05, 3.63) is 93.3 Å². The number of aliphatic hydroxyl groups excluding tert-OH is 1. The van der Waals surface area contributed by atoms with Gasteiger partial charge in [-0.05, 0) is 36.1 Å². The topological polar surface area (TPSA) is 96.5 Å². The molecule has 1 aromatic carbocycles. The van der Waals surface area contributed by atoms with Crippen molar-refractivity contribution in [1.82, 2.24) is 10.2 Å². The number of nitrogens with zero attached hydrogens (tertiary/aromatic N) is 3. The number of hydrogen-bond donors (Lipinski definition) is 1. The van der Waals surface area contributed by atoms with E-state index in [2.05, 4.69) is 34.5 Å². The van der Waals surface area contributed by atoms with E-state index in [1.165, 1.54) is 51.2 Å². The summed E-state index contributed by atoms with van der Waals surface area (Å²) in [5.41, 5.74) is 2.32. The number of hydrogen-bond acceptors (Lipinski definition) is 9. The maximum Gasteiger partial charge on any atom is 0.296 e. The lowest BCUT2D eigenvalue weighted by Crippen LogP contribution is -2.30. The van der Waals surface area contributed by atoms with E-state index < -0.39 is 23.5 Å². The van der Waals surface area contributed by atoms with Crippen molar-refractivity contribution < 1.29 is 19.1 Å². The first-order chi connectivity index (χ1) is 16.0. The molecule has 4 heterocycles. The Balaban J connectivity index is 1.44. The molecule has 0 spiro atoms. The average molecular weight is 496 g/mol. The third-order valence-corrected chi connectivity index (χ3v) is 8.09. The summed E-state index contributed by atoms with van der Waals surface area (Å²) in [6.45, 7) is 2.04. The van der Waals surface area contributed by atoms with Crippen LogP contribution in [0.15, 0.2) is 80.3 Å². The third kappa shape index (κ3) is 4.12. The average Bonchev–Trinajstić information content (AvgIpc) is 3.62. The molecule has 0 radical (unpaired) electrons. The SMILES string of the molecule is Cc1ccc(CSc2nnc(N3C(=O)C(O)=C(C(=O)c4cccs4)C3c3ccco3)s2)cc1. The minimum Gasteiger partial charge on any atom is -0.503 e. The Bertz CT molecular complexity index is 1330. The summed E-state index contributed by atoms with van der Waals surface area (Å²) in [6.07, 6.45) is 1.46. The normalized spacial score (nSPS) is 16.1. The maximum absolute atomic E-state index is 13.2. The number of aryl methyl sites for hydroxylation is 1. The minimum atomic E-state index is -0.926. The van der Waals surface area contributed by atoms with Crippen molar-refractivity contribution in [2.75, 3.05) is 4.90 Å². The molecule has 3 aromatic heterocycles. The number of Topliss-reactive ketones (excluding diaryl/α,β-unsaturated/α-hetero) is 1. The quantitative estimate of drug-likeness (QED) is 0.203. The fourth-order valence-electron chi connectivity index (χ4n) is 3.48. The molecule has 0 saturated carbocycles. The van der Waals surface area contributed by atoms with Gasteiger partial charge in [-0.1, -0.05) is 59.0 Å². The Hall–Kier alpha value is -3.21. The zero-order chi connectivity index (χ0) is 22.9. The van der Waals surface area contributed by atoms with Crippen molar-refractivity contribution in [1.29, 1.82) is 0 Å².